The molecule has 3 rings (SSSR count). The number of sulfone groups is 1. The fraction of sp³-hybridized carbons (Fsp3) is 0.600. The normalized spacial score (nSPS) is 23.7. The van der Waals surface area contributed by atoms with Crippen LogP contribution in [0.4, 0.5) is 5.69 Å². The van der Waals surface area contributed by atoms with Crippen molar-refractivity contribution in [3.8, 4) is 0 Å². The number of anilines is 1. The van der Waals surface area contributed by atoms with Crippen molar-refractivity contribution in [2.45, 2.75) is 50.8 Å². The van der Waals surface area contributed by atoms with Gasteiger partial charge in [-0.25, -0.2) is 8.42 Å². The van der Waals surface area contributed by atoms with E-state index in [4.69, 9.17) is 0 Å². The summed E-state index contributed by atoms with van der Waals surface area (Å²) >= 11 is 1.49. The highest BCUT2D eigenvalue weighted by molar-refractivity contribution is 8.15. The van der Waals surface area contributed by atoms with Gasteiger partial charge in [0.15, 0.2) is 15.0 Å². The Morgan fingerprint density at radius 1 is 1.25 bits per heavy atom. The predicted molar refractivity (Wildman–Crippen MR) is 117 cm³/mol. The van der Waals surface area contributed by atoms with E-state index in [1.54, 1.807) is 12.1 Å². The summed E-state index contributed by atoms with van der Waals surface area (Å²) in [5.41, 5.74) is 1.49. The van der Waals surface area contributed by atoms with E-state index in [9.17, 15) is 13.2 Å². The number of nitrogens with zero attached hydrogens (tertiary/aromatic N) is 1. The lowest BCUT2D eigenvalue weighted by Gasteiger charge is -2.15. The van der Waals surface area contributed by atoms with Crippen molar-refractivity contribution in [2.24, 2.45) is 10.9 Å². The van der Waals surface area contributed by atoms with Gasteiger partial charge in [-0.3, -0.25) is 9.79 Å². The molecule has 154 valence electrons. The molecule has 1 aromatic rings. The molecule has 2 N–H and O–H groups in total. The number of nitrogens with one attached hydrogen (secondary N) is 2. The van der Waals surface area contributed by atoms with Gasteiger partial charge in [0.1, 0.15) is 0 Å². The minimum atomic E-state index is -2.94. The summed E-state index contributed by atoms with van der Waals surface area (Å²) in [6.45, 7) is 5.07. The number of rotatable bonds is 8. The predicted octanol–water partition coefficient (Wildman–Crippen LogP) is 3.31. The van der Waals surface area contributed by atoms with Gasteiger partial charge < -0.3 is 10.6 Å². The number of fused-ring (bicyclic) bond motifs is 1. The Hall–Kier alpha value is -1.54. The maximum absolute atomic E-state index is 12.4. The molecule has 1 fully saturated rings. The van der Waals surface area contributed by atoms with E-state index in [1.165, 1.54) is 24.6 Å². The Morgan fingerprint density at radius 3 is 2.64 bits per heavy atom. The summed E-state index contributed by atoms with van der Waals surface area (Å²) in [6.07, 6.45) is 4.61. The molecule has 6 nitrogen and oxygen atoms in total. The third-order valence-corrected chi connectivity index (χ3v) is 8.45. The van der Waals surface area contributed by atoms with Crippen LogP contribution in [0.2, 0.25) is 0 Å². The molecule has 28 heavy (non-hydrogen) atoms. The van der Waals surface area contributed by atoms with E-state index in [1.807, 2.05) is 12.1 Å². The molecule has 0 unspecified atom stereocenters. The molecule has 0 aliphatic carbocycles. The monoisotopic (exact) mass is 423 g/mol. The zero-order valence-electron chi connectivity index (χ0n) is 16.5. The van der Waals surface area contributed by atoms with Crippen LogP contribution < -0.4 is 10.6 Å². The number of hydrogen-bond donors (Lipinski definition) is 2. The second kappa shape index (κ2) is 9.31. The summed E-state index contributed by atoms with van der Waals surface area (Å²) < 4.78 is 23.3. The third-order valence-electron chi connectivity index (χ3n) is 5.31. The van der Waals surface area contributed by atoms with Crippen LogP contribution in [0.1, 0.15) is 49.9 Å². The molecule has 0 aromatic heterocycles. The van der Waals surface area contributed by atoms with Crippen LogP contribution in [0.25, 0.3) is 0 Å². The summed E-state index contributed by atoms with van der Waals surface area (Å²) in [5.74, 6) is 0.832. The first-order chi connectivity index (χ1) is 13.4. The molecular formula is C20H29N3O3S2. The van der Waals surface area contributed by atoms with Gasteiger partial charge in [-0.05, 0) is 36.6 Å². The molecule has 0 saturated carbocycles. The van der Waals surface area contributed by atoms with Crippen LogP contribution in [0.15, 0.2) is 29.3 Å². The SMILES string of the molecule is CCCC[C@H](CC)CNC(=O)c1ccc(NC2=N[C@@H]3CS(=O)(=O)C[C@H]3S2)cc1. The van der Waals surface area contributed by atoms with Gasteiger partial charge in [-0.15, -0.1) is 0 Å². The van der Waals surface area contributed by atoms with E-state index in [0.29, 0.717) is 18.0 Å². The molecule has 1 aromatic carbocycles. The first-order valence-electron chi connectivity index (χ1n) is 10.0. The van der Waals surface area contributed by atoms with Crippen LogP contribution in [-0.2, 0) is 9.84 Å². The number of carbonyl (C=O) groups is 1. The highest BCUT2D eigenvalue weighted by Crippen LogP contribution is 2.34. The molecule has 2 aliphatic heterocycles. The van der Waals surface area contributed by atoms with E-state index >= 15 is 0 Å². The van der Waals surface area contributed by atoms with Crippen LogP contribution in [0, 0.1) is 5.92 Å². The molecule has 1 saturated heterocycles. The highest BCUT2D eigenvalue weighted by Gasteiger charge is 2.42. The minimum Gasteiger partial charge on any atom is -0.352 e. The Balaban J connectivity index is 1.50. The van der Waals surface area contributed by atoms with Gasteiger partial charge in [0.05, 0.1) is 17.5 Å². The lowest BCUT2D eigenvalue weighted by atomic mass is 9.99. The van der Waals surface area contributed by atoms with Crippen molar-refractivity contribution in [3.63, 3.8) is 0 Å². The van der Waals surface area contributed by atoms with Crippen molar-refractivity contribution in [1.29, 1.82) is 0 Å². The zero-order valence-corrected chi connectivity index (χ0v) is 18.1. The van der Waals surface area contributed by atoms with E-state index < -0.39 is 9.84 Å². The molecule has 8 heteroatoms. The van der Waals surface area contributed by atoms with E-state index in [-0.39, 0.29) is 28.7 Å². The number of amides is 1. The van der Waals surface area contributed by atoms with Gasteiger partial charge in [-0.1, -0.05) is 44.9 Å². The number of thioether (sulfide) groups is 1. The topological polar surface area (TPSA) is 87.6 Å². The molecule has 3 atom stereocenters. The van der Waals surface area contributed by atoms with Gasteiger partial charge in [0.2, 0.25) is 0 Å². The largest absolute Gasteiger partial charge is 0.352 e. The summed E-state index contributed by atoms with van der Waals surface area (Å²) in [7, 11) is -2.94. The summed E-state index contributed by atoms with van der Waals surface area (Å²) in [5, 5.41) is 7.05. The fourth-order valence-electron chi connectivity index (χ4n) is 3.53. The van der Waals surface area contributed by atoms with Crippen molar-refractivity contribution in [3.05, 3.63) is 29.8 Å². The Morgan fingerprint density at radius 2 is 2.00 bits per heavy atom. The molecular weight excluding hydrogens is 394 g/mol. The van der Waals surface area contributed by atoms with Crippen LogP contribution in [-0.4, -0.2) is 48.8 Å². The van der Waals surface area contributed by atoms with E-state index in [2.05, 4.69) is 29.5 Å². The van der Waals surface area contributed by atoms with Gasteiger partial charge >= 0.3 is 0 Å². The smallest absolute Gasteiger partial charge is 0.251 e. The first-order valence-corrected chi connectivity index (χ1v) is 12.7. The first kappa shape index (κ1) is 21.2. The number of unbranched alkanes of at least 4 members (excludes halogenated alkanes) is 1. The molecule has 0 spiro atoms. The van der Waals surface area contributed by atoms with Crippen molar-refractivity contribution in [1.82, 2.24) is 5.32 Å². The molecule has 0 radical (unpaired) electrons. The molecule has 2 heterocycles. The van der Waals surface area contributed by atoms with Crippen LogP contribution in [0.5, 0.6) is 0 Å². The number of amidine groups is 1. The third kappa shape index (κ3) is 5.50. The maximum Gasteiger partial charge on any atom is 0.251 e. The van der Waals surface area contributed by atoms with Gasteiger partial charge in [-0.2, -0.15) is 0 Å². The average Bonchev–Trinajstić information content (AvgIpc) is 3.14. The number of carbonyl (C=O) groups excluding carboxylic acids is 1. The number of hydrogen-bond acceptors (Lipinski definition) is 6. The lowest BCUT2D eigenvalue weighted by molar-refractivity contribution is 0.0946. The standard InChI is InChI=1S/C20H29N3O3S2/c1-3-5-6-14(4-2)11-21-19(24)15-7-9-16(10-8-15)22-20-23-17-12-28(25,26)13-18(17)27-20/h7-10,14,17-18H,3-6,11-13H2,1-2H3,(H,21,24)(H,22,23)/t14-,17+,18+/m0/s1. The summed E-state index contributed by atoms with van der Waals surface area (Å²) in [4.78, 5) is 16.9. The van der Waals surface area contributed by atoms with Crippen molar-refractivity contribution < 1.29 is 13.2 Å². The second-order valence-electron chi connectivity index (χ2n) is 7.56. The Bertz CT molecular complexity index is 822. The number of aliphatic imine (C=N–C) groups is 1. The quantitative estimate of drug-likeness (QED) is 0.670. The molecule has 0 bridgehead atoms. The van der Waals surface area contributed by atoms with Crippen LogP contribution in [0.3, 0.4) is 0 Å². The minimum absolute atomic E-state index is 0.0248. The lowest BCUT2D eigenvalue weighted by Crippen LogP contribution is -2.29. The number of benzene rings is 1. The van der Waals surface area contributed by atoms with Crippen LogP contribution >= 0.6 is 11.8 Å². The average molecular weight is 424 g/mol. The second-order valence-corrected chi connectivity index (χ2v) is 10.9. The van der Waals surface area contributed by atoms with Crippen molar-refractivity contribution >= 4 is 38.4 Å². The highest BCUT2D eigenvalue weighted by atomic mass is 32.2. The van der Waals surface area contributed by atoms with Crippen molar-refractivity contribution in [2.75, 3.05) is 23.4 Å². The zero-order chi connectivity index (χ0) is 20.1. The van der Waals surface area contributed by atoms with E-state index in [0.717, 1.165) is 23.7 Å². The maximum atomic E-state index is 12.4. The van der Waals surface area contributed by atoms with Gasteiger partial charge in [0, 0.05) is 23.0 Å². The fourth-order valence-corrected chi connectivity index (χ4v) is 7.20. The molecule has 1 amide bonds. The van der Waals surface area contributed by atoms with Gasteiger partial charge in [0.25, 0.3) is 5.91 Å². The molecule has 2 aliphatic rings. The Labute approximate surface area is 171 Å². The summed E-state index contributed by atoms with van der Waals surface area (Å²) in [6, 6.07) is 7.18. The Kier molecular flexibility index (Phi) is 7.04.